The summed E-state index contributed by atoms with van der Waals surface area (Å²) in [7, 11) is 0. The van der Waals surface area contributed by atoms with Crippen molar-refractivity contribution in [1.29, 1.82) is 0 Å². The fraction of sp³-hybridized carbons (Fsp3) is 0.519. The van der Waals surface area contributed by atoms with Gasteiger partial charge < -0.3 is 15.0 Å². The van der Waals surface area contributed by atoms with Crippen molar-refractivity contribution in [2.24, 2.45) is 5.92 Å². The molecule has 0 aliphatic carbocycles. The molecule has 3 aliphatic heterocycles. The zero-order valence-corrected chi connectivity index (χ0v) is 19.1. The molecule has 1 aromatic carbocycles. The number of aryl methyl sites for hydroxylation is 1. The molecule has 3 aliphatic rings. The number of aromatic nitrogens is 2. The molecule has 0 bridgehead atoms. The number of hydrogen-bond donors (Lipinski definition) is 2. The summed E-state index contributed by atoms with van der Waals surface area (Å²) >= 11 is 0. The van der Waals surface area contributed by atoms with Crippen LogP contribution in [0.2, 0.25) is 0 Å². The van der Waals surface area contributed by atoms with Crippen molar-refractivity contribution in [2.45, 2.75) is 51.6 Å². The third kappa shape index (κ3) is 3.87. The van der Waals surface area contributed by atoms with E-state index in [1.54, 1.807) is 11.1 Å². The Hall–Kier alpha value is -2.21. The molecule has 5 heterocycles. The fourth-order valence-electron chi connectivity index (χ4n) is 5.92. The smallest absolute Gasteiger partial charge is 0.137 e. The molecule has 5 nitrogen and oxygen atoms in total. The van der Waals surface area contributed by atoms with E-state index < -0.39 is 0 Å². The number of aromatic amines is 1. The summed E-state index contributed by atoms with van der Waals surface area (Å²) in [6, 6.07) is 7.70. The standard InChI is InChI=1S/C27H34N4O/c1-18-14-29-27-23(18)13-22(15-30-27)21-11-20-4-8-31(16-19-5-9-32-10-6-19)17-25(20)24(12-21)26-3-2-7-28-26/h11-15,19,26,28H,2-10,16-17H2,1H3,(H,29,30)/t26-/m0/s1. The third-order valence-electron chi connectivity index (χ3n) is 7.82. The van der Waals surface area contributed by atoms with Gasteiger partial charge in [0.2, 0.25) is 0 Å². The summed E-state index contributed by atoms with van der Waals surface area (Å²) in [4.78, 5) is 10.7. The van der Waals surface area contributed by atoms with Crippen molar-refractivity contribution >= 4 is 11.0 Å². The Bertz CT molecular complexity index is 1110. The Morgan fingerprint density at radius 2 is 2.03 bits per heavy atom. The zero-order chi connectivity index (χ0) is 21.5. The molecular weight excluding hydrogens is 396 g/mol. The van der Waals surface area contributed by atoms with Crippen molar-refractivity contribution < 1.29 is 4.74 Å². The van der Waals surface area contributed by atoms with Crippen molar-refractivity contribution in [3.05, 3.63) is 52.8 Å². The zero-order valence-electron chi connectivity index (χ0n) is 19.1. The Kier molecular flexibility index (Phi) is 5.49. The Morgan fingerprint density at radius 1 is 1.12 bits per heavy atom. The fourth-order valence-corrected chi connectivity index (χ4v) is 5.92. The van der Waals surface area contributed by atoms with Crippen molar-refractivity contribution in [3.8, 4) is 11.1 Å². The Labute approximate surface area is 190 Å². The van der Waals surface area contributed by atoms with Gasteiger partial charge in [-0.1, -0.05) is 6.07 Å². The van der Waals surface area contributed by atoms with Gasteiger partial charge in [0, 0.05) is 62.2 Å². The van der Waals surface area contributed by atoms with Crippen LogP contribution in [0.4, 0.5) is 0 Å². The molecule has 1 atom stereocenters. The highest BCUT2D eigenvalue weighted by molar-refractivity contribution is 5.84. The summed E-state index contributed by atoms with van der Waals surface area (Å²) in [6.45, 7) is 8.64. The topological polar surface area (TPSA) is 53.2 Å². The first-order valence-corrected chi connectivity index (χ1v) is 12.4. The molecule has 2 saturated heterocycles. The number of ether oxygens (including phenoxy) is 1. The number of pyridine rings is 1. The lowest BCUT2D eigenvalue weighted by Gasteiger charge is -2.35. The Balaban J connectivity index is 1.35. The monoisotopic (exact) mass is 430 g/mol. The van der Waals surface area contributed by atoms with Gasteiger partial charge in [0.1, 0.15) is 5.65 Å². The summed E-state index contributed by atoms with van der Waals surface area (Å²) in [5.74, 6) is 0.792. The predicted molar refractivity (Wildman–Crippen MR) is 129 cm³/mol. The number of fused-ring (bicyclic) bond motifs is 2. The SMILES string of the molecule is Cc1c[nH]c2ncc(-c3cc4c(c([C@@H]5CCCN5)c3)CN(CC3CCOCC3)CC4)cc12. The van der Waals surface area contributed by atoms with Crippen LogP contribution >= 0.6 is 0 Å². The minimum Gasteiger partial charge on any atom is -0.381 e. The quantitative estimate of drug-likeness (QED) is 0.627. The summed E-state index contributed by atoms with van der Waals surface area (Å²) in [5.41, 5.74) is 9.43. The van der Waals surface area contributed by atoms with Crippen LogP contribution < -0.4 is 5.32 Å². The lowest BCUT2D eigenvalue weighted by atomic mass is 9.86. The first-order chi connectivity index (χ1) is 15.7. The van der Waals surface area contributed by atoms with E-state index in [1.165, 1.54) is 66.4 Å². The second kappa shape index (κ2) is 8.62. The average molecular weight is 431 g/mol. The lowest BCUT2D eigenvalue weighted by Crippen LogP contribution is -2.37. The number of benzene rings is 1. The molecule has 2 N–H and O–H groups in total. The average Bonchev–Trinajstić information content (AvgIpc) is 3.49. The molecule has 2 fully saturated rings. The first kappa shape index (κ1) is 20.4. The van der Waals surface area contributed by atoms with Crippen LogP contribution in [0.5, 0.6) is 0 Å². The van der Waals surface area contributed by atoms with Crippen LogP contribution in [0.15, 0.2) is 30.6 Å². The van der Waals surface area contributed by atoms with E-state index in [2.05, 4.69) is 46.5 Å². The number of rotatable bonds is 4. The maximum absolute atomic E-state index is 5.58. The molecule has 5 heteroatoms. The maximum Gasteiger partial charge on any atom is 0.137 e. The van der Waals surface area contributed by atoms with E-state index in [-0.39, 0.29) is 0 Å². The van der Waals surface area contributed by atoms with E-state index in [0.29, 0.717) is 6.04 Å². The highest BCUT2D eigenvalue weighted by Crippen LogP contribution is 2.36. The van der Waals surface area contributed by atoms with Crippen LogP contribution in [0.1, 0.15) is 54.0 Å². The number of nitrogens with one attached hydrogen (secondary N) is 2. The van der Waals surface area contributed by atoms with Gasteiger partial charge in [0.25, 0.3) is 0 Å². The van der Waals surface area contributed by atoms with Crippen LogP contribution in [0, 0.1) is 12.8 Å². The molecule has 3 aromatic rings. The molecule has 0 saturated carbocycles. The summed E-state index contributed by atoms with van der Waals surface area (Å²) in [5, 5.41) is 5.00. The van der Waals surface area contributed by atoms with E-state index in [1.807, 2.05) is 6.20 Å². The number of H-pyrrole nitrogens is 1. The molecule has 168 valence electrons. The minimum absolute atomic E-state index is 0.484. The van der Waals surface area contributed by atoms with Crippen LogP contribution in [0.25, 0.3) is 22.2 Å². The lowest BCUT2D eigenvalue weighted by molar-refractivity contribution is 0.0505. The van der Waals surface area contributed by atoms with Crippen molar-refractivity contribution in [2.75, 3.05) is 32.8 Å². The third-order valence-corrected chi connectivity index (χ3v) is 7.82. The van der Waals surface area contributed by atoms with Gasteiger partial charge in [-0.05, 0) is 91.4 Å². The van der Waals surface area contributed by atoms with Crippen LogP contribution in [-0.4, -0.2) is 47.7 Å². The highest BCUT2D eigenvalue weighted by atomic mass is 16.5. The molecule has 6 rings (SSSR count). The molecule has 0 radical (unpaired) electrons. The van der Waals surface area contributed by atoms with Gasteiger partial charge in [-0.2, -0.15) is 0 Å². The number of nitrogens with zero attached hydrogens (tertiary/aromatic N) is 2. The maximum atomic E-state index is 5.58. The van der Waals surface area contributed by atoms with Crippen LogP contribution in [0.3, 0.4) is 0 Å². The van der Waals surface area contributed by atoms with E-state index in [0.717, 1.165) is 44.3 Å². The summed E-state index contributed by atoms with van der Waals surface area (Å²) in [6.07, 6.45) is 10.2. The number of hydrogen-bond acceptors (Lipinski definition) is 4. The van der Waals surface area contributed by atoms with Gasteiger partial charge in [-0.25, -0.2) is 4.98 Å². The van der Waals surface area contributed by atoms with Crippen molar-refractivity contribution in [1.82, 2.24) is 20.2 Å². The summed E-state index contributed by atoms with van der Waals surface area (Å²) < 4.78 is 5.58. The van der Waals surface area contributed by atoms with Gasteiger partial charge >= 0.3 is 0 Å². The van der Waals surface area contributed by atoms with Gasteiger partial charge in [0.05, 0.1) is 0 Å². The molecular formula is C27H34N4O. The normalized spacial score (nSPS) is 22.5. The van der Waals surface area contributed by atoms with E-state index in [4.69, 9.17) is 9.72 Å². The minimum atomic E-state index is 0.484. The Morgan fingerprint density at radius 3 is 2.88 bits per heavy atom. The molecule has 0 amide bonds. The second-order valence-corrected chi connectivity index (χ2v) is 9.98. The first-order valence-electron chi connectivity index (χ1n) is 12.4. The van der Waals surface area contributed by atoms with E-state index in [9.17, 15) is 0 Å². The molecule has 32 heavy (non-hydrogen) atoms. The van der Waals surface area contributed by atoms with Gasteiger partial charge in [0.15, 0.2) is 0 Å². The van der Waals surface area contributed by atoms with Gasteiger partial charge in [-0.15, -0.1) is 0 Å². The van der Waals surface area contributed by atoms with Crippen molar-refractivity contribution in [3.63, 3.8) is 0 Å². The largest absolute Gasteiger partial charge is 0.381 e. The molecule has 2 aromatic heterocycles. The second-order valence-electron chi connectivity index (χ2n) is 9.98. The van der Waals surface area contributed by atoms with E-state index >= 15 is 0 Å². The highest BCUT2D eigenvalue weighted by Gasteiger charge is 2.27. The van der Waals surface area contributed by atoms with Crippen LogP contribution in [-0.2, 0) is 17.7 Å². The molecule has 0 unspecified atom stereocenters. The molecule has 0 spiro atoms. The predicted octanol–water partition coefficient (Wildman–Crippen LogP) is 4.75. The van der Waals surface area contributed by atoms with Gasteiger partial charge in [-0.3, -0.25) is 4.90 Å².